The van der Waals surface area contributed by atoms with Crippen LogP contribution in [0.5, 0.6) is 0 Å². The van der Waals surface area contributed by atoms with Gasteiger partial charge in [0.1, 0.15) is 0 Å². The Bertz CT molecular complexity index is 26.0. The van der Waals surface area contributed by atoms with E-state index in [0.717, 1.165) is 0 Å². The van der Waals surface area contributed by atoms with E-state index >= 15 is 0 Å². The summed E-state index contributed by atoms with van der Waals surface area (Å²) in [6, 6.07) is 0. The molecule has 0 aromatic heterocycles. The minimum atomic E-state index is 0. The van der Waals surface area contributed by atoms with Gasteiger partial charge in [-0.1, -0.05) is 0 Å². The van der Waals surface area contributed by atoms with Gasteiger partial charge in [0.25, 0.3) is 0 Å². The SMILES string of the molecule is [CH3-].[CH3-].[CH3-].[CH3-].[CH3-].[CH3-].[CH3-].[CH3-].[CH3-].[CH3-].[Pt].[Ru+4].[W].[Y].[Y].[Y]. The fraction of sp³-hybridized carbons (Fsp3) is 0. The fourth-order valence-electron chi connectivity index (χ4n) is 0. The topological polar surface area (TPSA) is 0 Å². The predicted molar refractivity (Wildman–Crippen MR) is 64.1 cm³/mol. The molecule has 16 heavy (non-hydrogen) atoms. The molecule has 0 aromatic carbocycles. The Morgan fingerprint density at radius 3 is 0.312 bits per heavy atom. The first-order chi connectivity index (χ1) is 0. The van der Waals surface area contributed by atoms with E-state index in [4.69, 9.17) is 0 Å². The molecule has 0 aromatic rings. The van der Waals surface area contributed by atoms with E-state index in [1.165, 1.54) is 0 Å². The molecular weight excluding hydrogens is 867 g/mol. The van der Waals surface area contributed by atoms with Gasteiger partial charge in [-0.05, 0) is 0 Å². The van der Waals surface area contributed by atoms with Crippen molar-refractivity contribution in [3.63, 3.8) is 0 Å². The summed E-state index contributed by atoms with van der Waals surface area (Å²) in [5.41, 5.74) is 0. The molecule has 0 heterocycles. The largest absolute Gasteiger partial charge is 4.00 e. The molecule has 0 rings (SSSR count). The first kappa shape index (κ1) is 312. The molecular formula is C10H30PtRuWY3-6. The zero-order valence-electron chi connectivity index (χ0n) is 12.8. The molecule has 0 unspecified atom stereocenters. The first-order valence-corrected chi connectivity index (χ1v) is 0. The molecule has 0 atom stereocenters. The van der Waals surface area contributed by atoms with Gasteiger partial charge in [-0.2, -0.15) is 0 Å². The van der Waals surface area contributed by atoms with Crippen LogP contribution in [0.15, 0.2) is 0 Å². The third-order valence-corrected chi connectivity index (χ3v) is 0. The number of rotatable bonds is 0. The number of hydrogen-bond acceptors (Lipinski definition) is 0. The zero-order chi connectivity index (χ0) is 0. The maximum atomic E-state index is 0. The fourth-order valence-corrected chi connectivity index (χ4v) is 0. The van der Waals surface area contributed by atoms with E-state index in [2.05, 4.69) is 0 Å². The summed E-state index contributed by atoms with van der Waals surface area (Å²) in [5, 5.41) is 0. The van der Waals surface area contributed by atoms with E-state index in [1.54, 1.807) is 0 Å². The second kappa shape index (κ2) is 268. The first-order valence-electron chi connectivity index (χ1n) is 0. The van der Waals surface area contributed by atoms with Crippen LogP contribution < -0.4 is 0 Å². The molecule has 0 saturated heterocycles. The molecule has 0 fully saturated rings. The smallest absolute Gasteiger partial charge is 0.358 e. The summed E-state index contributed by atoms with van der Waals surface area (Å²) >= 11 is 0. The van der Waals surface area contributed by atoms with Gasteiger partial charge in [0.2, 0.25) is 0 Å². The molecule has 0 saturated carbocycles. The molecule has 3 radical (unpaired) electrons. The summed E-state index contributed by atoms with van der Waals surface area (Å²) in [7, 11) is 0. The molecule has 6 heteroatoms. The molecule has 0 aliphatic rings. The maximum absolute atomic E-state index is 0. The Morgan fingerprint density at radius 1 is 0.312 bits per heavy atom. The summed E-state index contributed by atoms with van der Waals surface area (Å²) in [4.78, 5) is 0. The molecule has 0 aliphatic heterocycles. The van der Waals surface area contributed by atoms with Crippen LogP contribution in [-0.2, 0) is 160 Å². The molecule has 109 valence electrons. The predicted octanol–water partition coefficient (Wildman–Crippen LogP) is 4.49. The average Bonchev–Trinajstić information content (AvgIpc) is 0. The Hall–Kier alpha value is 5.31. The van der Waals surface area contributed by atoms with Gasteiger partial charge in [-0.3, -0.25) is 0 Å². The van der Waals surface area contributed by atoms with Gasteiger partial charge in [-0.15, -0.1) is 0 Å². The van der Waals surface area contributed by atoms with Crippen LogP contribution in [0.25, 0.3) is 0 Å². The molecule has 0 N–H and O–H groups in total. The summed E-state index contributed by atoms with van der Waals surface area (Å²) < 4.78 is 0. The van der Waals surface area contributed by atoms with Crippen LogP contribution >= 0.6 is 0 Å². The van der Waals surface area contributed by atoms with Crippen LogP contribution in [0.1, 0.15) is 0 Å². The van der Waals surface area contributed by atoms with E-state index in [0.29, 0.717) is 0 Å². The van der Waals surface area contributed by atoms with Gasteiger partial charge in [0, 0.05) is 140 Å². The summed E-state index contributed by atoms with van der Waals surface area (Å²) in [6.07, 6.45) is 0. The van der Waals surface area contributed by atoms with Crippen LogP contribution in [0.2, 0.25) is 0 Å². The van der Waals surface area contributed by atoms with Crippen molar-refractivity contribution >= 4 is 0 Å². The van der Waals surface area contributed by atoms with Crippen molar-refractivity contribution in [2.45, 2.75) is 0 Å². The van der Waals surface area contributed by atoms with Crippen molar-refractivity contribution in [1.29, 1.82) is 0 Å². The van der Waals surface area contributed by atoms with Gasteiger partial charge in [-0.25, -0.2) is 0 Å². The van der Waals surface area contributed by atoms with Crippen molar-refractivity contribution in [2.24, 2.45) is 0 Å². The standard InChI is InChI=1S/10CH3.Pt.Ru.W.3Y/h10*1H3;;;;;;/q10*-1;;+4;;;;. The number of hydrogen-bond donors (Lipinski definition) is 0. The molecule has 0 nitrogen and oxygen atoms in total. The molecule has 0 bridgehead atoms. The second-order valence-electron chi connectivity index (χ2n) is 0. The normalized spacial score (nSPS) is 0. The van der Waals surface area contributed by atoms with Crippen molar-refractivity contribution in [3.8, 4) is 0 Å². The van der Waals surface area contributed by atoms with E-state index in [-0.39, 0.29) is 234 Å². The zero-order valence-corrected chi connectivity index (χ0v) is 28.3. The van der Waals surface area contributed by atoms with Gasteiger partial charge in [0.05, 0.1) is 0 Å². The van der Waals surface area contributed by atoms with Crippen LogP contribution in [0, 0.1) is 74.3 Å². The quantitative estimate of drug-likeness (QED) is 0.249. The Kier molecular flexibility index (Phi) is 5230. The summed E-state index contributed by atoms with van der Waals surface area (Å²) in [6.45, 7) is 0. The Balaban J connectivity index is 0. The van der Waals surface area contributed by atoms with Crippen molar-refractivity contribution in [1.82, 2.24) is 0 Å². The minimum absolute atomic E-state index is 0. The van der Waals surface area contributed by atoms with Crippen molar-refractivity contribution < 1.29 is 160 Å². The third kappa shape index (κ3) is 230. The van der Waals surface area contributed by atoms with Crippen LogP contribution in [0.3, 0.4) is 0 Å². The Labute approximate surface area is 229 Å². The third-order valence-electron chi connectivity index (χ3n) is 0. The van der Waals surface area contributed by atoms with Crippen LogP contribution in [0.4, 0.5) is 0 Å². The van der Waals surface area contributed by atoms with Gasteiger partial charge in [0.15, 0.2) is 0 Å². The van der Waals surface area contributed by atoms with E-state index in [1.807, 2.05) is 0 Å². The molecule has 0 spiro atoms. The molecule has 0 aliphatic carbocycles. The van der Waals surface area contributed by atoms with E-state index < -0.39 is 0 Å². The maximum Gasteiger partial charge on any atom is 4.00 e. The van der Waals surface area contributed by atoms with Gasteiger partial charge >= 0.3 is 19.5 Å². The average molecular weight is 897 g/mol. The van der Waals surface area contributed by atoms with Crippen molar-refractivity contribution in [2.75, 3.05) is 0 Å². The van der Waals surface area contributed by atoms with E-state index in [9.17, 15) is 0 Å². The summed E-state index contributed by atoms with van der Waals surface area (Å²) in [5.74, 6) is 0. The van der Waals surface area contributed by atoms with Gasteiger partial charge < -0.3 is 74.3 Å². The molecule has 0 amide bonds. The van der Waals surface area contributed by atoms with Crippen LogP contribution in [-0.4, -0.2) is 0 Å². The monoisotopic (exact) mass is 898 g/mol. The van der Waals surface area contributed by atoms with Crippen molar-refractivity contribution in [3.05, 3.63) is 74.3 Å². The Morgan fingerprint density at radius 2 is 0.312 bits per heavy atom. The minimum Gasteiger partial charge on any atom is -0.358 e. The second-order valence-corrected chi connectivity index (χ2v) is 0.